The van der Waals surface area contributed by atoms with Crippen LogP contribution in [0.5, 0.6) is 0 Å². The second-order valence-electron chi connectivity index (χ2n) is 3.70. The second-order valence-corrected chi connectivity index (χ2v) is 3.70. The molecule has 4 heteroatoms. The van der Waals surface area contributed by atoms with E-state index in [1.54, 1.807) is 19.1 Å². The Hall–Kier alpha value is -1.42. The monoisotopic (exact) mass is 226 g/mol. The topological polar surface area (TPSA) is 46.5 Å². The van der Waals surface area contributed by atoms with Crippen LogP contribution >= 0.6 is 0 Å². The van der Waals surface area contributed by atoms with Crippen molar-refractivity contribution < 1.29 is 19.0 Å². The van der Waals surface area contributed by atoms with Crippen LogP contribution in [0.2, 0.25) is 0 Å². The summed E-state index contributed by atoms with van der Waals surface area (Å²) >= 11 is 0. The Morgan fingerprint density at radius 2 is 2.00 bits per heavy atom. The van der Waals surface area contributed by atoms with Crippen molar-refractivity contribution in [3.8, 4) is 0 Å². The maximum absolute atomic E-state index is 12.7. The number of aliphatic carboxylic acids is 1. The normalized spacial score (nSPS) is 14.4. The molecule has 0 aromatic heterocycles. The SMILES string of the molecule is COC(C)C(CC(=O)O)c1ccc(F)cc1. The summed E-state index contributed by atoms with van der Waals surface area (Å²) in [6.45, 7) is 1.80. The lowest BCUT2D eigenvalue weighted by molar-refractivity contribution is -0.138. The van der Waals surface area contributed by atoms with E-state index in [0.717, 1.165) is 5.56 Å². The number of ether oxygens (including phenoxy) is 1. The lowest BCUT2D eigenvalue weighted by Gasteiger charge is -2.21. The first-order chi connectivity index (χ1) is 7.54. The minimum absolute atomic E-state index is 0.0271. The molecular formula is C12H15FO3. The van der Waals surface area contributed by atoms with Crippen molar-refractivity contribution in [2.24, 2.45) is 0 Å². The standard InChI is InChI=1S/C12H15FO3/c1-8(16-2)11(7-12(14)15)9-3-5-10(13)6-4-9/h3-6,8,11H,7H2,1-2H3,(H,14,15). The van der Waals surface area contributed by atoms with E-state index in [2.05, 4.69) is 0 Å². The van der Waals surface area contributed by atoms with Gasteiger partial charge in [0.15, 0.2) is 0 Å². The van der Waals surface area contributed by atoms with E-state index in [4.69, 9.17) is 9.84 Å². The third-order valence-corrected chi connectivity index (χ3v) is 2.63. The van der Waals surface area contributed by atoms with Crippen LogP contribution in [0.25, 0.3) is 0 Å². The summed E-state index contributed by atoms with van der Waals surface area (Å²) in [5.41, 5.74) is 0.776. The summed E-state index contributed by atoms with van der Waals surface area (Å²) in [4.78, 5) is 10.7. The van der Waals surface area contributed by atoms with Crippen molar-refractivity contribution in [2.45, 2.75) is 25.4 Å². The lowest BCUT2D eigenvalue weighted by Crippen LogP contribution is -2.20. The van der Waals surface area contributed by atoms with Crippen molar-refractivity contribution in [2.75, 3.05) is 7.11 Å². The van der Waals surface area contributed by atoms with Crippen LogP contribution in [0.1, 0.15) is 24.8 Å². The Labute approximate surface area is 93.9 Å². The summed E-state index contributed by atoms with van der Waals surface area (Å²) in [5.74, 6) is -1.48. The molecule has 1 N–H and O–H groups in total. The number of halogens is 1. The molecule has 2 atom stereocenters. The van der Waals surface area contributed by atoms with Crippen LogP contribution < -0.4 is 0 Å². The fourth-order valence-electron chi connectivity index (χ4n) is 1.62. The van der Waals surface area contributed by atoms with Gasteiger partial charge in [0.05, 0.1) is 12.5 Å². The fourth-order valence-corrected chi connectivity index (χ4v) is 1.62. The van der Waals surface area contributed by atoms with Crippen molar-refractivity contribution in [1.82, 2.24) is 0 Å². The van der Waals surface area contributed by atoms with E-state index in [1.165, 1.54) is 19.2 Å². The van der Waals surface area contributed by atoms with Gasteiger partial charge in [0.1, 0.15) is 5.82 Å². The summed E-state index contributed by atoms with van der Waals surface area (Å²) in [7, 11) is 1.53. The molecule has 1 aromatic carbocycles. The summed E-state index contributed by atoms with van der Waals surface area (Å²) < 4.78 is 17.9. The van der Waals surface area contributed by atoms with Gasteiger partial charge in [0.2, 0.25) is 0 Å². The van der Waals surface area contributed by atoms with Crippen LogP contribution in [-0.2, 0) is 9.53 Å². The largest absolute Gasteiger partial charge is 0.481 e. The minimum atomic E-state index is -0.891. The zero-order chi connectivity index (χ0) is 12.1. The molecule has 0 radical (unpaired) electrons. The molecule has 0 aliphatic carbocycles. The molecule has 0 bridgehead atoms. The highest BCUT2D eigenvalue weighted by Crippen LogP contribution is 2.25. The quantitative estimate of drug-likeness (QED) is 0.838. The first-order valence-corrected chi connectivity index (χ1v) is 5.04. The second kappa shape index (κ2) is 5.61. The zero-order valence-corrected chi connectivity index (χ0v) is 9.31. The molecule has 1 aromatic rings. The van der Waals surface area contributed by atoms with E-state index in [1.807, 2.05) is 0 Å². The Kier molecular flexibility index (Phi) is 4.43. The number of hydrogen-bond donors (Lipinski definition) is 1. The average Bonchev–Trinajstić information content (AvgIpc) is 2.26. The Balaban J connectivity index is 2.91. The Morgan fingerprint density at radius 3 is 2.44 bits per heavy atom. The molecule has 1 rings (SSSR count). The predicted molar refractivity (Wildman–Crippen MR) is 57.9 cm³/mol. The maximum Gasteiger partial charge on any atom is 0.304 e. The molecule has 2 unspecified atom stereocenters. The van der Waals surface area contributed by atoms with E-state index in [-0.39, 0.29) is 24.3 Å². The van der Waals surface area contributed by atoms with Crippen LogP contribution in [0.3, 0.4) is 0 Å². The highest BCUT2D eigenvalue weighted by atomic mass is 19.1. The van der Waals surface area contributed by atoms with E-state index in [9.17, 15) is 9.18 Å². The fraction of sp³-hybridized carbons (Fsp3) is 0.417. The van der Waals surface area contributed by atoms with Gasteiger partial charge in [0.25, 0.3) is 0 Å². The number of carbonyl (C=O) groups is 1. The number of hydrogen-bond acceptors (Lipinski definition) is 2. The van der Waals surface area contributed by atoms with Crippen molar-refractivity contribution in [3.63, 3.8) is 0 Å². The van der Waals surface area contributed by atoms with Gasteiger partial charge in [-0.05, 0) is 24.6 Å². The summed E-state index contributed by atoms with van der Waals surface area (Å²) in [5, 5.41) is 8.81. The van der Waals surface area contributed by atoms with Gasteiger partial charge in [0, 0.05) is 13.0 Å². The first kappa shape index (κ1) is 12.6. The van der Waals surface area contributed by atoms with Gasteiger partial charge in [-0.2, -0.15) is 0 Å². The van der Waals surface area contributed by atoms with Gasteiger partial charge in [-0.1, -0.05) is 12.1 Å². The lowest BCUT2D eigenvalue weighted by atomic mass is 9.91. The third-order valence-electron chi connectivity index (χ3n) is 2.63. The van der Waals surface area contributed by atoms with Crippen molar-refractivity contribution in [3.05, 3.63) is 35.6 Å². The molecule has 0 amide bonds. The highest BCUT2D eigenvalue weighted by Gasteiger charge is 2.22. The number of rotatable bonds is 5. The third kappa shape index (κ3) is 3.31. The van der Waals surface area contributed by atoms with Crippen LogP contribution in [0.15, 0.2) is 24.3 Å². The van der Waals surface area contributed by atoms with Crippen LogP contribution in [0.4, 0.5) is 4.39 Å². The van der Waals surface area contributed by atoms with E-state index < -0.39 is 5.97 Å². The molecule has 88 valence electrons. The molecule has 0 spiro atoms. The zero-order valence-electron chi connectivity index (χ0n) is 9.31. The molecule has 16 heavy (non-hydrogen) atoms. The summed E-state index contributed by atoms with van der Waals surface area (Å²) in [6.07, 6.45) is -0.248. The summed E-state index contributed by atoms with van der Waals surface area (Å²) in [6, 6.07) is 5.84. The van der Waals surface area contributed by atoms with Crippen LogP contribution in [-0.4, -0.2) is 24.3 Å². The highest BCUT2D eigenvalue weighted by molar-refractivity contribution is 5.68. The van der Waals surface area contributed by atoms with Gasteiger partial charge < -0.3 is 9.84 Å². The Bertz CT molecular complexity index is 348. The van der Waals surface area contributed by atoms with Crippen molar-refractivity contribution >= 4 is 5.97 Å². The predicted octanol–water partition coefficient (Wildman–Crippen LogP) is 2.42. The van der Waals surface area contributed by atoms with Crippen LogP contribution in [0, 0.1) is 5.82 Å². The van der Waals surface area contributed by atoms with Gasteiger partial charge in [-0.25, -0.2) is 4.39 Å². The Morgan fingerprint density at radius 1 is 1.44 bits per heavy atom. The molecule has 3 nitrogen and oxygen atoms in total. The molecule has 0 aliphatic rings. The first-order valence-electron chi connectivity index (χ1n) is 5.04. The van der Waals surface area contributed by atoms with Gasteiger partial charge in [-0.3, -0.25) is 4.79 Å². The minimum Gasteiger partial charge on any atom is -0.481 e. The van der Waals surface area contributed by atoms with E-state index >= 15 is 0 Å². The maximum atomic E-state index is 12.7. The smallest absolute Gasteiger partial charge is 0.304 e. The van der Waals surface area contributed by atoms with E-state index in [0.29, 0.717) is 0 Å². The molecule has 0 saturated carbocycles. The average molecular weight is 226 g/mol. The molecular weight excluding hydrogens is 211 g/mol. The number of carboxylic acid groups (broad SMARTS) is 1. The molecule has 0 fully saturated rings. The number of carboxylic acids is 1. The molecule has 0 heterocycles. The van der Waals surface area contributed by atoms with Gasteiger partial charge in [-0.15, -0.1) is 0 Å². The molecule has 0 aliphatic heterocycles. The number of benzene rings is 1. The number of methoxy groups -OCH3 is 1. The molecule has 0 saturated heterocycles. The van der Waals surface area contributed by atoms with Crippen molar-refractivity contribution in [1.29, 1.82) is 0 Å². The van der Waals surface area contributed by atoms with Gasteiger partial charge >= 0.3 is 5.97 Å².